The van der Waals surface area contributed by atoms with Crippen molar-refractivity contribution in [1.82, 2.24) is 5.32 Å². The van der Waals surface area contributed by atoms with Gasteiger partial charge in [-0.15, -0.1) is 22.7 Å². The van der Waals surface area contributed by atoms with E-state index in [0.717, 1.165) is 10.6 Å². The van der Waals surface area contributed by atoms with Crippen molar-refractivity contribution in [2.24, 2.45) is 0 Å². The Balaban J connectivity index is 1.52. The molecule has 1 aromatic carbocycles. The first kappa shape index (κ1) is 19.8. The third kappa shape index (κ3) is 4.85. The van der Waals surface area contributed by atoms with Gasteiger partial charge in [-0.05, 0) is 47.8 Å². The molecule has 0 radical (unpaired) electrons. The number of nitrogens with zero attached hydrogens (tertiary/aromatic N) is 1. The summed E-state index contributed by atoms with van der Waals surface area (Å²) in [4.78, 5) is 40.4. The number of anilines is 2. The summed E-state index contributed by atoms with van der Waals surface area (Å²) in [5.41, 5.74) is 1.54. The Kier molecular flexibility index (Phi) is 6.23. The molecule has 8 heteroatoms. The summed E-state index contributed by atoms with van der Waals surface area (Å²) in [6, 6.07) is 14.3. The molecule has 0 aliphatic heterocycles. The Morgan fingerprint density at radius 1 is 0.929 bits per heavy atom. The van der Waals surface area contributed by atoms with Gasteiger partial charge in [-0.3, -0.25) is 14.4 Å². The zero-order valence-electron chi connectivity index (χ0n) is 15.4. The van der Waals surface area contributed by atoms with Crippen molar-refractivity contribution in [2.45, 2.75) is 6.54 Å². The van der Waals surface area contributed by atoms with E-state index in [0.29, 0.717) is 15.4 Å². The number of thiophene rings is 2. The van der Waals surface area contributed by atoms with Crippen LogP contribution in [0.3, 0.4) is 0 Å². The minimum atomic E-state index is -0.732. The highest BCUT2D eigenvalue weighted by atomic mass is 32.1. The molecule has 2 amide bonds. The molecule has 0 fully saturated rings. The Morgan fingerprint density at radius 3 is 2.32 bits per heavy atom. The smallest absolute Gasteiger partial charge is 0.313 e. The lowest BCUT2D eigenvalue weighted by molar-refractivity contribution is -0.136. The van der Waals surface area contributed by atoms with Crippen LogP contribution in [0.4, 0.5) is 11.4 Å². The second kappa shape index (κ2) is 8.81. The average molecular weight is 414 g/mol. The van der Waals surface area contributed by atoms with Crippen LogP contribution in [0.25, 0.3) is 0 Å². The molecular weight excluding hydrogens is 394 g/mol. The minimum absolute atomic E-state index is 0.0310. The fourth-order valence-electron chi connectivity index (χ4n) is 2.40. The van der Waals surface area contributed by atoms with E-state index in [1.807, 2.05) is 42.6 Å². The lowest BCUT2D eigenvalue weighted by atomic mass is 10.2. The third-order valence-electron chi connectivity index (χ3n) is 3.90. The van der Waals surface area contributed by atoms with Crippen molar-refractivity contribution in [3.8, 4) is 0 Å². The molecule has 28 heavy (non-hydrogen) atoms. The Hall–Kier alpha value is -2.97. The summed E-state index contributed by atoms with van der Waals surface area (Å²) < 4.78 is 0. The van der Waals surface area contributed by atoms with Crippen molar-refractivity contribution in [3.63, 3.8) is 0 Å². The number of ketones is 1. The highest BCUT2D eigenvalue weighted by Gasteiger charge is 2.16. The molecular formula is C20H19N3O3S2. The van der Waals surface area contributed by atoms with Crippen LogP contribution in [-0.4, -0.2) is 31.7 Å². The fourth-order valence-corrected chi connectivity index (χ4v) is 4.05. The Bertz CT molecular complexity index is 977. The van der Waals surface area contributed by atoms with Gasteiger partial charge in [-0.1, -0.05) is 6.07 Å². The quantitative estimate of drug-likeness (QED) is 0.480. The van der Waals surface area contributed by atoms with E-state index in [-0.39, 0.29) is 12.3 Å². The lowest BCUT2D eigenvalue weighted by Crippen LogP contribution is -2.34. The molecule has 6 nitrogen and oxygen atoms in total. The van der Waals surface area contributed by atoms with Gasteiger partial charge in [0.25, 0.3) is 0 Å². The molecule has 2 N–H and O–H groups in total. The number of hydrogen-bond donors (Lipinski definition) is 2. The van der Waals surface area contributed by atoms with Gasteiger partial charge in [0.2, 0.25) is 5.78 Å². The van der Waals surface area contributed by atoms with Gasteiger partial charge >= 0.3 is 11.8 Å². The third-order valence-corrected chi connectivity index (χ3v) is 5.85. The molecule has 0 aliphatic carbocycles. The fraction of sp³-hybridized carbons (Fsp3) is 0.150. The SMILES string of the molecule is CN(C)c1ccc(NC(=O)C(=O)NCc2ccc(C(=O)c3cccs3)s2)cc1. The number of carbonyl (C=O) groups excluding carboxylic acids is 3. The van der Waals surface area contributed by atoms with Crippen molar-refractivity contribution in [1.29, 1.82) is 0 Å². The van der Waals surface area contributed by atoms with Gasteiger partial charge in [-0.2, -0.15) is 0 Å². The van der Waals surface area contributed by atoms with Gasteiger partial charge in [0.15, 0.2) is 0 Å². The molecule has 0 saturated carbocycles. The first-order valence-corrected chi connectivity index (χ1v) is 10.2. The molecule has 0 bridgehead atoms. The molecule has 0 atom stereocenters. The van der Waals surface area contributed by atoms with E-state index >= 15 is 0 Å². The van der Waals surface area contributed by atoms with E-state index in [1.54, 1.807) is 30.3 Å². The van der Waals surface area contributed by atoms with Gasteiger partial charge in [0, 0.05) is 30.3 Å². The van der Waals surface area contributed by atoms with E-state index in [2.05, 4.69) is 10.6 Å². The maximum absolute atomic E-state index is 12.3. The predicted octanol–water partition coefficient (Wildman–Crippen LogP) is 3.36. The predicted molar refractivity (Wildman–Crippen MR) is 113 cm³/mol. The summed E-state index contributed by atoms with van der Waals surface area (Å²) in [5.74, 6) is -1.49. The molecule has 0 unspecified atom stereocenters. The zero-order valence-corrected chi connectivity index (χ0v) is 17.0. The number of carbonyl (C=O) groups is 3. The van der Waals surface area contributed by atoms with Crippen molar-refractivity contribution >= 4 is 51.6 Å². The summed E-state index contributed by atoms with van der Waals surface area (Å²) in [6.07, 6.45) is 0. The summed E-state index contributed by atoms with van der Waals surface area (Å²) in [7, 11) is 3.84. The second-order valence-electron chi connectivity index (χ2n) is 6.15. The molecule has 2 aromatic heterocycles. The monoisotopic (exact) mass is 413 g/mol. The number of hydrogen-bond acceptors (Lipinski definition) is 6. The first-order valence-electron chi connectivity index (χ1n) is 8.47. The van der Waals surface area contributed by atoms with Crippen LogP contribution in [0, 0.1) is 0 Å². The normalized spacial score (nSPS) is 10.4. The molecule has 0 aliphatic rings. The van der Waals surface area contributed by atoms with Crippen LogP contribution in [0.1, 0.15) is 19.4 Å². The van der Waals surface area contributed by atoms with E-state index < -0.39 is 11.8 Å². The van der Waals surface area contributed by atoms with E-state index in [9.17, 15) is 14.4 Å². The summed E-state index contributed by atoms with van der Waals surface area (Å²) >= 11 is 2.70. The van der Waals surface area contributed by atoms with Gasteiger partial charge in [0.05, 0.1) is 16.3 Å². The number of benzene rings is 1. The van der Waals surface area contributed by atoms with E-state index in [4.69, 9.17) is 0 Å². The topological polar surface area (TPSA) is 78.5 Å². The maximum atomic E-state index is 12.3. The average Bonchev–Trinajstić information content (AvgIpc) is 3.38. The van der Waals surface area contributed by atoms with Crippen LogP contribution >= 0.6 is 22.7 Å². The molecule has 3 rings (SSSR count). The standard InChI is InChI=1S/C20H19N3O3S2/c1-23(2)14-7-5-13(6-8-14)22-20(26)19(25)21-12-15-9-10-17(28-15)18(24)16-4-3-11-27-16/h3-11H,12H2,1-2H3,(H,21,25)(H,22,26). The second-order valence-corrected chi connectivity index (χ2v) is 8.27. The number of rotatable bonds is 6. The number of nitrogens with one attached hydrogen (secondary N) is 2. The molecule has 2 heterocycles. The van der Waals surface area contributed by atoms with Crippen molar-refractivity contribution in [2.75, 3.05) is 24.3 Å². The van der Waals surface area contributed by atoms with Crippen LogP contribution in [-0.2, 0) is 16.1 Å². The molecule has 3 aromatic rings. The van der Waals surface area contributed by atoms with Crippen molar-refractivity contribution < 1.29 is 14.4 Å². The van der Waals surface area contributed by atoms with E-state index in [1.165, 1.54) is 22.7 Å². The Morgan fingerprint density at radius 2 is 1.68 bits per heavy atom. The van der Waals surface area contributed by atoms with Crippen LogP contribution < -0.4 is 15.5 Å². The molecule has 0 saturated heterocycles. The number of amides is 2. The van der Waals surface area contributed by atoms with Gasteiger partial charge < -0.3 is 15.5 Å². The maximum Gasteiger partial charge on any atom is 0.313 e. The summed E-state index contributed by atoms with van der Waals surface area (Å²) in [6.45, 7) is 0.189. The highest BCUT2D eigenvalue weighted by molar-refractivity contribution is 7.16. The largest absolute Gasteiger partial charge is 0.378 e. The van der Waals surface area contributed by atoms with Crippen LogP contribution in [0.2, 0.25) is 0 Å². The lowest BCUT2D eigenvalue weighted by Gasteiger charge is -2.13. The zero-order chi connectivity index (χ0) is 20.1. The molecule has 144 valence electrons. The van der Waals surface area contributed by atoms with Gasteiger partial charge in [-0.25, -0.2) is 0 Å². The van der Waals surface area contributed by atoms with Crippen LogP contribution in [0.15, 0.2) is 53.9 Å². The molecule has 0 spiro atoms. The summed E-state index contributed by atoms with van der Waals surface area (Å²) in [5, 5.41) is 7.00. The minimum Gasteiger partial charge on any atom is -0.378 e. The van der Waals surface area contributed by atoms with Crippen LogP contribution in [0.5, 0.6) is 0 Å². The van der Waals surface area contributed by atoms with Gasteiger partial charge in [0.1, 0.15) is 0 Å². The Labute approximate surface area is 170 Å². The van der Waals surface area contributed by atoms with Crippen molar-refractivity contribution in [3.05, 3.63) is 68.5 Å². The first-order chi connectivity index (χ1) is 13.4. The highest BCUT2D eigenvalue weighted by Crippen LogP contribution is 2.22.